The summed E-state index contributed by atoms with van der Waals surface area (Å²) in [6.07, 6.45) is 3.96. The maximum atomic E-state index is 5.42. The Kier molecular flexibility index (Phi) is 9.44. The van der Waals surface area contributed by atoms with Crippen molar-refractivity contribution < 1.29 is 4.74 Å². The topological polar surface area (TPSA) is 27.7 Å². The summed E-state index contributed by atoms with van der Waals surface area (Å²) in [6.45, 7) is 14.5. The van der Waals surface area contributed by atoms with Crippen molar-refractivity contribution in [1.82, 2.24) is 15.1 Å². The number of nitrogens with zero attached hydrogens (tertiary/aromatic N) is 2. The number of ether oxygens (including phenoxy) is 1. The third-order valence-corrected chi connectivity index (χ3v) is 4.32. The summed E-state index contributed by atoms with van der Waals surface area (Å²) in [5.74, 6) is 0. The molecule has 0 radical (unpaired) electrons. The van der Waals surface area contributed by atoms with Crippen molar-refractivity contribution in [3.05, 3.63) is 0 Å². The van der Waals surface area contributed by atoms with Gasteiger partial charge in [-0.05, 0) is 52.0 Å². The molecule has 0 saturated heterocycles. The van der Waals surface area contributed by atoms with E-state index in [0.717, 1.165) is 38.8 Å². The minimum absolute atomic E-state index is 0.516. The van der Waals surface area contributed by atoms with Crippen LogP contribution in [0.15, 0.2) is 0 Å². The van der Waals surface area contributed by atoms with Crippen molar-refractivity contribution in [2.24, 2.45) is 0 Å². The average Bonchev–Trinajstić information content (AvgIpc) is 3.28. The minimum Gasteiger partial charge on any atom is -0.383 e. The quantitative estimate of drug-likeness (QED) is 0.558. The summed E-state index contributed by atoms with van der Waals surface area (Å²) in [5, 5.41) is 3.65. The second-order valence-corrected chi connectivity index (χ2v) is 5.80. The highest BCUT2D eigenvalue weighted by atomic mass is 16.5. The van der Waals surface area contributed by atoms with E-state index in [1.807, 2.05) is 7.11 Å². The van der Waals surface area contributed by atoms with E-state index >= 15 is 0 Å². The Morgan fingerprint density at radius 1 is 1.10 bits per heavy atom. The number of hydrogen-bond donors (Lipinski definition) is 1. The fourth-order valence-corrected chi connectivity index (χ4v) is 2.71. The van der Waals surface area contributed by atoms with Crippen LogP contribution < -0.4 is 5.32 Å². The van der Waals surface area contributed by atoms with Crippen LogP contribution >= 0.6 is 0 Å². The van der Waals surface area contributed by atoms with Crippen LogP contribution in [-0.4, -0.2) is 74.9 Å². The highest BCUT2D eigenvalue weighted by Crippen LogP contribution is 2.18. The zero-order valence-corrected chi connectivity index (χ0v) is 14.0. The smallest absolute Gasteiger partial charge is 0.0630 e. The molecule has 0 aliphatic heterocycles. The first-order chi connectivity index (χ1) is 9.74. The number of hydrogen-bond acceptors (Lipinski definition) is 4. The Morgan fingerprint density at radius 3 is 2.30 bits per heavy atom. The number of likely N-dealkylation sites (N-methyl/N-ethyl adjacent to an activating group) is 1. The lowest BCUT2D eigenvalue weighted by Gasteiger charge is -2.31. The van der Waals surface area contributed by atoms with Crippen molar-refractivity contribution in [3.8, 4) is 0 Å². The normalized spacial score (nSPS) is 17.1. The van der Waals surface area contributed by atoms with Gasteiger partial charge in [-0.3, -0.25) is 4.90 Å². The predicted octanol–water partition coefficient (Wildman–Crippen LogP) is 1.81. The molecule has 0 aromatic carbocycles. The number of rotatable bonds is 13. The van der Waals surface area contributed by atoms with Crippen molar-refractivity contribution in [2.75, 3.05) is 53.0 Å². The first-order valence-corrected chi connectivity index (χ1v) is 8.43. The fraction of sp³-hybridized carbons (Fsp3) is 1.00. The summed E-state index contributed by atoms with van der Waals surface area (Å²) in [6, 6.07) is 1.30. The van der Waals surface area contributed by atoms with Crippen LogP contribution in [0.2, 0.25) is 0 Å². The molecule has 120 valence electrons. The van der Waals surface area contributed by atoms with E-state index in [1.165, 1.54) is 32.4 Å². The zero-order chi connectivity index (χ0) is 14.8. The van der Waals surface area contributed by atoms with Gasteiger partial charge in [0.2, 0.25) is 0 Å². The van der Waals surface area contributed by atoms with E-state index in [1.54, 1.807) is 0 Å². The van der Waals surface area contributed by atoms with E-state index in [-0.39, 0.29) is 0 Å². The molecule has 1 atom stereocenters. The summed E-state index contributed by atoms with van der Waals surface area (Å²) in [4.78, 5) is 5.07. The van der Waals surface area contributed by atoms with Crippen molar-refractivity contribution in [3.63, 3.8) is 0 Å². The SMILES string of the molecule is CCN(CC)CCCN(CC)C(CNC1CC1)COC. The molecule has 0 aromatic rings. The first-order valence-electron chi connectivity index (χ1n) is 8.43. The van der Waals surface area contributed by atoms with E-state index in [0.29, 0.717) is 6.04 Å². The summed E-state index contributed by atoms with van der Waals surface area (Å²) in [5.41, 5.74) is 0. The molecule has 1 saturated carbocycles. The van der Waals surface area contributed by atoms with Crippen LogP contribution in [0.5, 0.6) is 0 Å². The molecule has 0 aromatic heterocycles. The van der Waals surface area contributed by atoms with E-state index in [4.69, 9.17) is 4.74 Å². The van der Waals surface area contributed by atoms with Crippen molar-refractivity contribution in [1.29, 1.82) is 0 Å². The van der Waals surface area contributed by atoms with E-state index < -0.39 is 0 Å². The molecule has 0 heterocycles. The summed E-state index contributed by atoms with van der Waals surface area (Å²) >= 11 is 0. The van der Waals surface area contributed by atoms with Gasteiger partial charge in [0.05, 0.1) is 6.61 Å². The Balaban J connectivity index is 2.30. The molecule has 4 heteroatoms. The Bertz CT molecular complexity index is 230. The maximum absolute atomic E-state index is 5.42. The highest BCUT2D eigenvalue weighted by Gasteiger charge is 2.24. The Morgan fingerprint density at radius 2 is 1.80 bits per heavy atom. The molecule has 1 N–H and O–H groups in total. The van der Waals surface area contributed by atoms with Crippen LogP contribution in [0.1, 0.15) is 40.0 Å². The zero-order valence-electron chi connectivity index (χ0n) is 14.0. The molecule has 1 aliphatic rings. The van der Waals surface area contributed by atoms with Crippen LogP contribution in [0.25, 0.3) is 0 Å². The van der Waals surface area contributed by atoms with Crippen LogP contribution in [0.4, 0.5) is 0 Å². The van der Waals surface area contributed by atoms with Crippen molar-refractivity contribution in [2.45, 2.75) is 52.1 Å². The maximum Gasteiger partial charge on any atom is 0.0630 e. The molecule has 1 aliphatic carbocycles. The van der Waals surface area contributed by atoms with Crippen LogP contribution in [-0.2, 0) is 4.74 Å². The lowest BCUT2D eigenvalue weighted by molar-refractivity contribution is 0.0890. The van der Waals surface area contributed by atoms with Gasteiger partial charge in [-0.2, -0.15) is 0 Å². The monoisotopic (exact) mass is 285 g/mol. The van der Waals surface area contributed by atoms with Gasteiger partial charge in [-0.15, -0.1) is 0 Å². The van der Waals surface area contributed by atoms with E-state index in [2.05, 4.69) is 35.9 Å². The van der Waals surface area contributed by atoms with Gasteiger partial charge in [-0.1, -0.05) is 20.8 Å². The van der Waals surface area contributed by atoms with Crippen LogP contribution in [0.3, 0.4) is 0 Å². The lowest BCUT2D eigenvalue weighted by atomic mass is 10.2. The average molecular weight is 285 g/mol. The molecule has 0 amide bonds. The van der Waals surface area contributed by atoms with Crippen LogP contribution in [0, 0.1) is 0 Å². The summed E-state index contributed by atoms with van der Waals surface area (Å²) < 4.78 is 5.42. The fourth-order valence-electron chi connectivity index (χ4n) is 2.71. The number of methoxy groups -OCH3 is 1. The Hall–Kier alpha value is -0.160. The molecular formula is C16H35N3O. The molecule has 1 unspecified atom stereocenters. The summed E-state index contributed by atoms with van der Waals surface area (Å²) in [7, 11) is 1.81. The Labute approximate surface area is 125 Å². The third-order valence-electron chi connectivity index (χ3n) is 4.32. The van der Waals surface area contributed by atoms with Gasteiger partial charge in [0.15, 0.2) is 0 Å². The second kappa shape index (κ2) is 10.6. The lowest BCUT2D eigenvalue weighted by Crippen LogP contribution is -2.46. The van der Waals surface area contributed by atoms with Gasteiger partial charge in [0, 0.05) is 25.7 Å². The molecule has 1 fully saturated rings. The van der Waals surface area contributed by atoms with Gasteiger partial charge >= 0.3 is 0 Å². The van der Waals surface area contributed by atoms with E-state index in [9.17, 15) is 0 Å². The minimum atomic E-state index is 0.516. The molecule has 1 rings (SSSR count). The van der Waals surface area contributed by atoms with Gasteiger partial charge in [0.25, 0.3) is 0 Å². The van der Waals surface area contributed by atoms with Gasteiger partial charge < -0.3 is 15.0 Å². The molecule has 4 nitrogen and oxygen atoms in total. The molecule has 0 spiro atoms. The van der Waals surface area contributed by atoms with Gasteiger partial charge in [-0.25, -0.2) is 0 Å². The molecular weight excluding hydrogens is 250 g/mol. The van der Waals surface area contributed by atoms with Gasteiger partial charge in [0.1, 0.15) is 0 Å². The number of nitrogens with one attached hydrogen (secondary N) is 1. The first kappa shape index (κ1) is 17.9. The standard InChI is InChI=1S/C16H35N3O/c1-5-18(6-2)11-8-12-19(7-3)16(14-20-4)13-17-15-9-10-15/h15-17H,5-14H2,1-4H3. The second-order valence-electron chi connectivity index (χ2n) is 5.80. The predicted molar refractivity (Wildman–Crippen MR) is 86.3 cm³/mol. The largest absolute Gasteiger partial charge is 0.383 e. The highest BCUT2D eigenvalue weighted by molar-refractivity contribution is 4.84. The molecule has 20 heavy (non-hydrogen) atoms. The third kappa shape index (κ3) is 7.02. The van der Waals surface area contributed by atoms with Crippen molar-refractivity contribution >= 4 is 0 Å². The molecule has 0 bridgehead atoms.